The molecule has 0 aromatic heterocycles. The molecule has 1 rings (SSSR count). The predicted molar refractivity (Wildman–Crippen MR) is 89.0 cm³/mol. The van der Waals surface area contributed by atoms with E-state index in [1.165, 1.54) is 37.9 Å². The van der Waals surface area contributed by atoms with E-state index in [0.29, 0.717) is 0 Å². The molecule has 1 aliphatic rings. The van der Waals surface area contributed by atoms with E-state index in [-0.39, 0.29) is 0 Å². The summed E-state index contributed by atoms with van der Waals surface area (Å²) >= 11 is 4.39. The summed E-state index contributed by atoms with van der Waals surface area (Å²) in [5, 5.41) is 6.19. The SMILES string of the molecule is CCCCCCC(NCC)C1CSC(C)C(C)S1. The normalized spacial score (nSPS) is 30.3. The fourth-order valence-electron chi connectivity index (χ4n) is 2.49. The molecule has 3 heteroatoms. The topological polar surface area (TPSA) is 12.0 Å². The minimum atomic E-state index is 0.735. The Kier molecular flexibility index (Phi) is 8.86. The molecule has 1 N–H and O–H groups in total. The number of hydrogen-bond donors (Lipinski definition) is 1. The van der Waals surface area contributed by atoms with Crippen molar-refractivity contribution in [3.8, 4) is 0 Å². The van der Waals surface area contributed by atoms with E-state index >= 15 is 0 Å². The Hall–Kier alpha value is 0.660. The van der Waals surface area contributed by atoms with E-state index < -0.39 is 0 Å². The maximum atomic E-state index is 3.73. The number of hydrogen-bond acceptors (Lipinski definition) is 3. The maximum Gasteiger partial charge on any atom is 0.0294 e. The zero-order valence-corrected chi connectivity index (χ0v) is 14.2. The van der Waals surface area contributed by atoms with Crippen LogP contribution in [-0.2, 0) is 0 Å². The van der Waals surface area contributed by atoms with E-state index in [4.69, 9.17) is 0 Å². The fourth-order valence-corrected chi connectivity index (χ4v) is 5.66. The predicted octanol–water partition coefficient (Wildman–Crippen LogP) is 4.56. The van der Waals surface area contributed by atoms with E-state index in [2.05, 4.69) is 56.5 Å². The minimum absolute atomic E-state index is 0.735. The smallest absolute Gasteiger partial charge is 0.0294 e. The monoisotopic (exact) mass is 289 g/mol. The molecule has 18 heavy (non-hydrogen) atoms. The van der Waals surface area contributed by atoms with Crippen molar-refractivity contribution in [3.05, 3.63) is 0 Å². The Balaban J connectivity index is 2.35. The van der Waals surface area contributed by atoms with Crippen molar-refractivity contribution in [2.45, 2.75) is 81.6 Å². The number of unbranched alkanes of at least 4 members (excludes halogenated alkanes) is 3. The zero-order chi connectivity index (χ0) is 13.4. The molecule has 0 aromatic rings. The highest BCUT2D eigenvalue weighted by Gasteiger charge is 2.30. The Morgan fingerprint density at radius 1 is 1.11 bits per heavy atom. The van der Waals surface area contributed by atoms with Gasteiger partial charge in [0.15, 0.2) is 0 Å². The van der Waals surface area contributed by atoms with Crippen molar-refractivity contribution in [1.29, 1.82) is 0 Å². The fraction of sp³-hybridized carbons (Fsp3) is 1.00. The highest BCUT2D eigenvalue weighted by molar-refractivity contribution is 8.07. The summed E-state index contributed by atoms with van der Waals surface area (Å²) in [7, 11) is 0. The zero-order valence-electron chi connectivity index (χ0n) is 12.6. The summed E-state index contributed by atoms with van der Waals surface area (Å²) in [6, 6.07) is 0.735. The molecule has 1 saturated heterocycles. The second-order valence-electron chi connectivity index (χ2n) is 5.43. The minimum Gasteiger partial charge on any atom is -0.313 e. The molecule has 1 heterocycles. The summed E-state index contributed by atoms with van der Waals surface area (Å²) < 4.78 is 0. The second kappa shape index (κ2) is 9.55. The average Bonchev–Trinajstić information content (AvgIpc) is 2.37. The van der Waals surface area contributed by atoms with E-state index in [1.807, 2.05) is 0 Å². The molecule has 0 amide bonds. The van der Waals surface area contributed by atoms with E-state index in [0.717, 1.165) is 28.3 Å². The summed E-state index contributed by atoms with van der Waals surface area (Å²) in [6.45, 7) is 10.4. The van der Waals surface area contributed by atoms with Crippen molar-refractivity contribution in [3.63, 3.8) is 0 Å². The first-order chi connectivity index (χ1) is 8.69. The Morgan fingerprint density at radius 2 is 1.89 bits per heavy atom. The van der Waals surface area contributed by atoms with Crippen LogP contribution in [0, 0.1) is 0 Å². The van der Waals surface area contributed by atoms with Gasteiger partial charge in [-0.3, -0.25) is 0 Å². The summed E-state index contributed by atoms with van der Waals surface area (Å²) in [5.41, 5.74) is 0. The third-order valence-corrected chi connectivity index (χ3v) is 7.41. The van der Waals surface area contributed by atoms with Crippen LogP contribution in [0.1, 0.15) is 59.8 Å². The van der Waals surface area contributed by atoms with Crippen LogP contribution in [0.2, 0.25) is 0 Å². The van der Waals surface area contributed by atoms with Gasteiger partial charge in [0.25, 0.3) is 0 Å². The Bertz CT molecular complexity index is 211. The largest absolute Gasteiger partial charge is 0.313 e. The molecule has 0 aliphatic carbocycles. The molecular weight excluding hydrogens is 258 g/mol. The first kappa shape index (κ1) is 16.7. The van der Waals surface area contributed by atoms with Crippen molar-refractivity contribution < 1.29 is 0 Å². The molecule has 108 valence electrons. The van der Waals surface area contributed by atoms with Crippen molar-refractivity contribution >= 4 is 23.5 Å². The van der Waals surface area contributed by atoms with Gasteiger partial charge < -0.3 is 5.32 Å². The molecule has 4 atom stereocenters. The molecule has 0 spiro atoms. The van der Waals surface area contributed by atoms with Crippen LogP contribution < -0.4 is 5.32 Å². The lowest BCUT2D eigenvalue weighted by Crippen LogP contribution is -2.43. The Morgan fingerprint density at radius 3 is 2.50 bits per heavy atom. The van der Waals surface area contributed by atoms with Gasteiger partial charge >= 0.3 is 0 Å². The highest BCUT2D eigenvalue weighted by atomic mass is 32.2. The van der Waals surface area contributed by atoms with Gasteiger partial charge in [-0.15, -0.1) is 0 Å². The van der Waals surface area contributed by atoms with Crippen LogP contribution in [0.15, 0.2) is 0 Å². The number of thioether (sulfide) groups is 2. The lowest BCUT2D eigenvalue weighted by Gasteiger charge is -2.36. The van der Waals surface area contributed by atoms with E-state index in [9.17, 15) is 0 Å². The first-order valence-corrected chi connectivity index (χ1v) is 9.68. The molecule has 0 saturated carbocycles. The molecule has 1 aliphatic heterocycles. The molecule has 0 bridgehead atoms. The molecule has 1 nitrogen and oxygen atoms in total. The van der Waals surface area contributed by atoms with Crippen LogP contribution in [-0.4, -0.2) is 34.1 Å². The highest BCUT2D eigenvalue weighted by Crippen LogP contribution is 2.37. The molecule has 0 aromatic carbocycles. The van der Waals surface area contributed by atoms with Crippen LogP contribution in [0.25, 0.3) is 0 Å². The van der Waals surface area contributed by atoms with Gasteiger partial charge in [-0.2, -0.15) is 23.5 Å². The summed E-state index contributed by atoms with van der Waals surface area (Å²) in [5.74, 6) is 1.33. The summed E-state index contributed by atoms with van der Waals surface area (Å²) in [6.07, 6.45) is 6.92. The number of rotatable bonds is 8. The molecule has 1 fully saturated rings. The molecule has 4 unspecified atom stereocenters. The van der Waals surface area contributed by atoms with Crippen molar-refractivity contribution in [1.82, 2.24) is 5.32 Å². The quantitative estimate of drug-likeness (QED) is 0.658. The Labute approximate surface area is 123 Å². The van der Waals surface area contributed by atoms with Crippen LogP contribution in [0.3, 0.4) is 0 Å². The second-order valence-corrected chi connectivity index (χ2v) is 8.46. The lowest BCUT2D eigenvalue weighted by molar-refractivity contribution is 0.463. The van der Waals surface area contributed by atoms with Crippen LogP contribution in [0.5, 0.6) is 0 Å². The molecular formula is C15H31NS2. The maximum absolute atomic E-state index is 3.73. The van der Waals surface area contributed by atoms with Gasteiger partial charge in [0.1, 0.15) is 0 Å². The third-order valence-electron chi connectivity index (χ3n) is 3.86. The van der Waals surface area contributed by atoms with Gasteiger partial charge in [-0.1, -0.05) is 53.4 Å². The summed E-state index contributed by atoms with van der Waals surface area (Å²) in [4.78, 5) is 0. The first-order valence-electron chi connectivity index (χ1n) is 7.69. The van der Waals surface area contributed by atoms with Gasteiger partial charge in [0.2, 0.25) is 0 Å². The van der Waals surface area contributed by atoms with Gasteiger partial charge in [-0.05, 0) is 13.0 Å². The van der Waals surface area contributed by atoms with Gasteiger partial charge in [0, 0.05) is 27.5 Å². The average molecular weight is 290 g/mol. The van der Waals surface area contributed by atoms with Gasteiger partial charge in [-0.25, -0.2) is 0 Å². The third kappa shape index (κ3) is 5.75. The van der Waals surface area contributed by atoms with Crippen molar-refractivity contribution in [2.75, 3.05) is 12.3 Å². The van der Waals surface area contributed by atoms with Crippen LogP contribution >= 0.6 is 23.5 Å². The lowest BCUT2D eigenvalue weighted by atomic mass is 10.0. The standard InChI is InChI=1S/C15H31NS2/c1-5-7-8-9-10-14(16-6-2)15-11-17-12(3)13(4)18-15/h12-16H,5-11H2,1-4H3. The van der Waals surface area contributed by atoms with E-state index in [1.54, 1.807) is 0 Å². The molecule has 0 radical (unpaired) electrons. The van der Waals surface area contributed by atoms with Gasteiger partial charge in [0.05, 0.1) is 0 Å². The number of nitrogens with one attached hydrogen (secondary N) is 1. The van der Waals surface area contributed by atoms with Crippen LogP contribution in [0.4, 0.5) is 0 Å². The van der Waals surface area contributed by atoms with Crippen molar-refractivity contribution in [2.24, 2.45) is 0 Å².